The summed E-state index contributed by atoms with van der Waals surface area (Å²) in [5.74, 6) is -2.63. The number of ether oxygens (including phenoxy) is 2. The number of carboxylic acid groups (broad SMARTS) is 1. The fourth-order valence-electron chi connectivity index (χ4n) is 6.10. The van der Waals surface area contributed by atoms with Gasteiger partial charge in [0, 0.05) is 12.8 Å². The molecule has 0 aliphatic carbocycles. The van der Waals surface area contributed by atoms with Crippen molar-refractivity contribution in [2.45, 2.75) is 205 Å². The highest BCUT2D eigenvalue weighted by Crippen LogP contribution is 2.43. The molecule has 14 heteroatoms. The quantitative estimate of drug-likeness (QED) is 0.0167. The maximum Gasteiger partial charge on any atom is 0.472 e. The summed E-state index contributed by atoms with van der Waals surface area (Å²) >= 11 is 0. The highest BCUT2D eigenvalue weighted by Gasteiger charge is 2.28. The summed E-state index contributed by atoms with van der Waals surface area (Å²) in [6.07, 6.45) is 38.2. The van der Waals surface area contributed by atoms with Gasteiger partial charge < -0.3 is 35.4 Å². The Morgan fingerprint density at radius 3 is 1.52 bits per heavy atom. The van der Waals surface area contributed by atoms with Gasteiger partial charge in [-0.3, -0.25) is 23.4 Å². The van der Waals surface area contributed by atoms with Crippen LogP contribution in [0, 0.1) is 0 Å². The molecule has 0 rings (SSSR count). The van der Waals surface area contributed by atoms with E-state index in [2.05, 4.69) is 18.4 Å². The Labute approximate surface area is 361 Å². The van der Waals surface area contributed by atoms with Crippen molar-refractivity contribution in [2.24, 2.45) is 5.73 Å². The maximum atomic E-state index is 12.6. The smallest absolute Gasteiger partial charge is 0.472 e. The first-order valence-electron chi connectivity index (χ1n) is 22.9. The van der Waals surface area contributed by atoms with Crippen LogP contribution in [0.4, 0.5) is 0 Å². The molecule has 6 N–H and O–H groups in total. The number of allylic oxidation sites excluding steroid dienone is 6. The van der Waals surface area contributed by atoms with Crippen molar-refractivity contribution in [2.75, 3.05) is 19.8 Å². The average Bonchev–Trinajstić information content (AvgIpc) is 3.21. The van der Waals surface area contributed by atoms with Crippen LogP contribution < -0.4 is 5.73 Å². The van der Waals surface area contributed by atoms with Gasteiger partial charge >= 0.3 is 25.7 Å². The van der Waals surface area contributed by atoms with Gasteiger partial charge in [0.05, 0.1) is 25.4 Å². The molecule has 5 atom stereocenters. The topological polar surface area (TPSA) is 212 Å². The predicted octanol–water partition coefficient (Wildman–Crippen LogP) is 10.1. The Balaban J connectivity index is 4.54. The third-order valence-corrected chi connectivity index (χ3v) is 10.7. The van der Waals surface area contributed by atoms with E-state index in [9.17, 15) is 34.1 Å². The Hall–Kier alpha value is -2.64. The Bertz CT molecular complexity index is 1240. The fourth-order valence-corrected chi connectivity index (χ4v) is 6.88. The molecule has 1 unspecified atom stereocenters. The molecule has 0 saturated heterocycles. The van der Waals surface area contributed by atoms with E-state index in [4.69, 9.17) is 24.8 Å². The van der Waals surface area contributed by atoms with Crippen LogP contribution in [0.2, 0.25) is 0 Å². The number of hydrogen-bond donors (Lipinski definition) is 5. The average molecular weight is 872 g/mol. The molecule has 0 amide bonds. The number of phosphoric ester groups is 1. The number of aliphatic hydroxyl groups excluding tert-OH is 2. The number of hydrogen-bond acceptors (Lipinski definition) is 11. The van der Waals surface area contributed by atoms with Crippen LogP contribution in [0.1, 0.15) is 181 Å². The molecule has 0 radical (unpaired) electrons. The van der Waals surface area contributed by atoms with E-state index in [0.29, 0.717) is 25.7 Å². The standard InChI is InChI=1S/C46H82NO12P/c1-3-5-7-8-9-10-11-12-13-14-15-16-17-18-22-25-29-35-45(51)59-42(38-57-60(54,55)58-39-43(47)46(52)53)37-56-44(50)36-30-34-41(49)33-28-24-21-19-20-23-27-32-40(48)31-26-6-4-2/h20-21,23-24,27-28,32-33,40-43,48-49H,3-19,22,25-26,29-31,34-39,47H2,1-2H3,(H,52,53)(H,54,55)/b23-20-,24-21-,32-27+,33-28+/t40-,41-,42+,43-/m0/s1. The van der Waals surface area contributed by atoms with Crippen molar-refractivity contribution in [1.82, 2.24) is 0 Å². The van der Waals surface area contributed by atoms with E-state index in [1.807, 2.05) is 30.4 Å². The summed E-state index contributed by atoms with van der Waals surface area (Å²) < 4.78 is 32.6. The van der Waals surface area contributed by atoms with Crippen LogP contribution in [-0.4, -0.2) is 82.3 Å². The second-order valence-electron chi connectivity index (χ2n) is 15.6. The molecule has 0 aromatic heterocycles. The van der Waals surface area contributed by atoms with Gasteiger partial charge in [0.15, 0.2) is 6.10 Å². The molecule has 60 heavy (non-hydrogen) atoms. The highest BCUT2D eigenvalue weighted by molar-refractivity contribution is 7.47. The summed E-state index contributed by atoms with van der Waals surface area (Å²) in [5, 5.41) is 29.0. The van der Waals surface area contributed by atoms with Crippen LogP contribution in [0.3, 0.4) is 0 Å². The largest absolute Gasteiger partial charge is 0.480 e. The lowest BCUT2D eigenvalue weighted by atomic mass is 10.0. The van der Waals surface area contributed by atoms with E-state index in [0.717, 1.165) is 44.9 Å². The molecule has 0 bridgehead atoms. The molecule has 0 aromatic rings. The number of aliphatic carboxylic acids is 1. The van der Waals surface area contributed by atoms with Crippen molar-refractivity contribution < 1.29 is 57.7 Å². The van der Waals surface area contributed by atoms with E-state index in [1.54, 1.807) is 18.2 Å². The van der Waals surface area contributed by atoms with Crippen molar-refractivity contribution in [3.63, 3.8) is 0 Å². The first-order valence-corrected chi connectivity index (χ1v) is 24.4. The molecule has 13 nitrogen and oxygen atoms in total. The van der Waals surface area contributed by atoms with Crippen molar-refractivity contribution >= 4 is 25.7 Å². The number of esters is 2. The lowest BCUT2D eigenvalue weighted by molar-refractivity contribution is -0.161. The van der Waals surface area contributed by atoms with Gasteiger partial charge in [0.1, 0.15) is 12.6 Å². The molecule has 0 aliphatic rings. The number of rotatable bonds is 42. The molecular weight excluding hydrogens is 789 g/mol. The molecule has 0 heterocycles. The molecule has 0 fully saturated rings. The molecule has 348 valence electrons. The summed E-state index contributed by atoms with van der Waals surface area (Å²) in [5.41, 5.74) is 5.32. The molecular formula is C46H82NO12P. The second kappa shape index (κ2) is 40.4. The zero-order valence-corrected chi connectivity index (χ0v) is 37.9. The van der Waals surface area contributed by atoms with E-state index >= 15 is 0 Å². The third-order valence-electron chi connectivity index (χ3n) is 9.79. The number of aliphatic hydroxyl groups is 2. The van der Waals surface area contributed by atoms with Crippen LogP contribution in [0.5, 0.6) is 0 Å². The van der Waals surface area contributed by atoms with Crippen LogP contribution in [0.15, 0.2) is 48.6 Å². The number of carbonyl (C=O) groups excluding carboxylic acids is 2. The number of carboxylic acids is 1. The summed E-state index contributed by atoms with van der Waals surface area (Å²) in [6.45, 7) is 2.48. The zero-order chi connectivity index (χ0) is 44.5. The normalized spacial score (nSPS) is 15.2. The summed E-state index contributed by atoms with van der Waals surface area (Å²) in [4.78, 5) is 46.0. The van der Waals surface area contributed by atoms with Gasteiger partial charge in [-0.15, -0.1) is 0 Å². The van der Waals surface area contributed by atoms with Crippen molar-refractivity contribution in [3.8, 4) is 0 Å². The first-order chi connectivity index (χ1) is 28.9. The number of nitrogens with two attached hydrogens (primary N) is 1. The van der Waals surface area contributed by atoms with Gasteiger partial charge in [-0.1, -0.05) is 184 Å². The lowest BCUT2D eigenvalue weighted by Crippen LogP contribution is -2.34. The Kier molecular flexibility index (Phi) is 38.7. The van der Waals surface area contributed by atoms with Crippen LogP contribution in [-0.2, 0) is 37.5 Å². The minimum absolute atomic E-state index is 0.0260. The van der Waals surface area contributed by atoms with Crippen LogP contribution >= 0.6 is 7.82 Å². The fraction of sp³-hybridized carbons (Fsp3) is 0.761. The SMILES string of the molecule is CCCCCCCCCCCCCCCCCCCC(=O)O[C@H](COC(=O)CCC[C@@H](O)/C=C/C=C\C/C=C\C=C\[C@@H](O)CCCCC)COP(=O)(O)OC[C@H](N)C(=O)O. The second-order valence-corrected chi connectivity index (χ2v) is 17.0. The van der Waals surface area contributed by atoms with Gasteiger partial charge in [0.2, 0.25) is 0 Å². The van der Waals surface area contributed by atoms with Gasteiger partial charge in [-0.05, 0) is 32.1 Å². The van der Waals surface area contributed by atoms with E-state index in [1.165, 1.54) is 83.5 Å². The molecule has 0 spiro atoms. The first kappa shape index (κ1) is 57.4. The summed E-state index contributed by atoms with van der Waals surface area (Å²) in [6, 6.07) is -1.56. The monoisotopic (exact) mass is 872 g/mol. The zero-order valence-electron chi connectivity index (χ0n) is 37.0. The highest BCUT2D eigenvalue weighted by atomic mass is 31.2. The number of carbonyl (C=O) groups is 3. The number of unbranched alkanes of at least 4 members (excludes halogenated alkanes) is 18. The van der Waals surface area contributed by atoms with E-state index in [-0.39, 0.29) is 12.8 Å². The van der Waals surface area contributed by atoms with Crippen molar-refractivity contribution in [1.29, 1.82) is 0 Å². The molecule has 0 aliphatic heterocycles. The minimum atomic E-state index is -4.77. The Morgan fingerprint density at radius 1 is 0.583 bits per heavy atom. The lowest BCUT2D eigenvalue weighted by Gasteiger charge is -2.20. The van der Waals surface area contributed by atoms with Crippen molar-refractivity contribution in [3.05, 3.63) is 48.6 Å². The summed E-state index contributed by atoms with van der Waals surface area (Å²) in [7, 11) is -4.77. The minimum Gasteiger partial charge on any atom is -0.480 e. The third kappa shape index (κ3) is 39.5. The van der Waals surface area contributed by atoms with Gasteiger partial charge in [0.25, 0.3) is 0 Å². The predicted molar refractivity (Wildman–Crippen MR) is 238 cm³/mol. The number of phosphoric acid groups is 1. The molecule has 0 aromatic carbocycles. The van der Waals surface area contributed by atoms with Gasteiger partial charge in [-0.25, -0.2) is 4.57 Å². The maximum absolute atomic E-state index is 12.6. The van der Waals surface area contributed by atoms with Gasteiger partial charge in [-0.2, -0.15) is 0 Å². The Morgan fingerprint density at radius 2 is 1.02 bits per heavy atom. The molecule has 0 saturated carbocycles. The van der Waals surface area contributed by atoms with Crippen LogP contribution in [0.25, 0.3) is 0 Å². The van der Waals surface area contributed by atoms with E-state index < -0.39 is 69.9 Å².